The molecule has 0 aromatic heterocycles. The minimum atomic E-state index is -4.85. The number of piperazine rings is 1. The molecule has 0 bridgehead atoms. The van der Waals surface area contributed by atoms with Crippen LogP contribution in [0.25, 0.3) is 0 Å². The zero-order chi connectivity index (χ0) is 22.1. The number of alkyl halides is 3. The lowest BCUT2D eigenvalue weighted by atomic mass is 10.2. The Hall–Kier alpha value is -1.88. The van der Waals surface area contributed by atoms with E-state index in [-0.39, 0.29) is 23.9 Å². The molecule has 2 aromatic carbocycles. The Labute approximate surface area is 176 Å². The topological polar surface area (TPSA) is 49.9 Å². The summed E-state index contributed by atoms with van der Waals surface area (Å²) < 4.78 is 85.4. The number of rotatable bonds is 5. The number of benzene rings is 2. The van der Waals surface area contributed by atoms with Crippen molar-refractivity contribution in [3.63, 3.8) is 0 Å². The van der Waals surface area contributed by atoms with E-state index in [4.69, 9.17) is 16.3 Å². The fourth-order valence-electron chi connectivity index (χ4n) is 3.28. The highest BCUT2D eigenvalue weighted by Crippen LogP contribution is 2.37. The van der Waals surface area contributed by atoms with Crippen molar-refractivity contribution in [3.8, 4) is 5.75 Å². The summed E-state index contributed by atoms with van der Waals surface area (Å²) in [5.41, 5.74) is -0.604. The van der Waals surface area contributed by atoms with Gasteiger partial charge in [0, 0.05) is 37.7 Å². The standard InChI is InChI=1S/C19H19ClF4N2O3S/c1-29-17-4-2-13(10-16(17)21)12-25-6-8-26(9-7-25)30(27,28)18-5-3-14(20)11-15(18)19(22,23)24/h2-5,10-11H,6-9,12H2,1H3. The summed E-state index contributed by atoms with van der Waals surface area (Å²) in [5, 5.41) is -0.196. The van der Waals surface area contributed by atoms with Crippen molar-refractivity contribution >= 4 is 21.6 Å². The lowest BCUT2D eigenvalue weighted by Gasteiger charge is -2.34. The van der Waals surface area contributed by atoms with Gasteiger partial charge in [-0.1, -0.05) is 17.7 Å². The van der Waals surface area contributed by atoms with Crippen LogP contribution in [0.4, 0.5) is 17.6 Å². The molecule has 3 rings (SSSR count). The molecule has 0 radical (unpaired) electrons. The van der Waals surface area contributed by atoms with Gasteiger partial charge in [-0.25, -0.2) is 12.8 Å². The maximum absolute atomic E-state index is 13.8. The lowest BCUT2D eigenvalue weighted by molar-refractivity contribution is -0.139. The van der Waals surface area contributed by atoms with Gasteiger partial charge in [0.05, 0.1) is 17.6 Å². The van der Waals surface area contributed by atoms with Gasteiger partial charge in [0.15, 0.2) is 11.6 Å². The zero-order valence-electron chi connectivity index (χ0n) is 15.9. The van der Waals surface area contributed by atoms with Gasteiger partial charge in [-0.2, -0.15) is 17.5 Å². The van der Waals surface area contributed by atoms with Crippen molar-refractivity contribution in [2.24, 2.45) is 0 Å². The average molecular weight is 467 g/mol. The third-order valence-electron chi connectivity index (χ3n) is 4.82. The Balaban J connectivity index is 1.72. The van der Waals surface area contributed by atoms with E-state index in [9.17, 15) is 26.0 Å². The first kappa shape index (κ1) is 22.8. The maximum atomic E-state index is 13.8. The van der Waals surface area contributed by atoms with E-state index < -0.39 is 32.5 Å². The molecule has 1 heterocycles. The van der Waals surface area contributed by atoms with E-state index in [1.54, 1.807) is 6.07 Å². The van der Waals surface area contributed by atoms with Crippen LogP contribution in [0.3, 0.4) is 0 Å². The molecule has 0 spiro atoms. The van der Waals surface area contributed by atoms with E-state index in [1.165, 1.54) is 19.2 Å². The summed E-state index contributed by atoms with van der Waals surface area (Å²) in [7, 11) is -2.99. The molecule has 5 nitrogen and oxygen atoms in total. The van der Waals surface area contributed by atoms with Crippen LogP contribution in [0.1, 0.15) is 11.1 Å². The maximum Gasteiger partial charge on any atom is 0.417 e. The first-order valence-corrected chi connectivity index (χ1v) is 10.8. The van der Waals surface area contributed by atoms with Crippen molar-refractivity contribution in [1.82, 2.24) is 9.21 Å². The van der Waals surface area contributed by atoms with Gasteiger partial charge >= 0.3 is 6.18 Å². The summed E-state index contributed by atoms with van der Waals surface area (Å²) in [6, 6.07) is 7.16. The highest BCUT2D eigenvalue weighted by molar-refractivity contribution is 7.89. The van der Waals surface area contributed by atoms with Gasteiger partial charge in [-0.15, -0.1) is 0 Å². The Morgan fingerprint density at radius 2 is 1.73 bits per heavy atom. The van der Waals surface area contributed by atoms with Crippen LogP contribution in [0.5, 0.6) is 5.75 Å². The molecule has 1 fully saturated rings. The van der Waals surface area contributed by atoms with Gasteiger partial charge < -0.3 is 4.74 Å². The molecule has 0 aliphatic carbocycles. The number of sulfonamides is 1. The fourth-order valence-corrected chi connectivity index (χ4v) is 5.07. The quantitative estimate of drug-likeness (QED) is 0.625. The van der Waals surface area contributed by atoms with Crippen LogP contribution in [-0.2, 0) is 22.7 Å². The highest BCUT2D eigenvalue weighted by atomic mass is 35.5. The summed E-state index contributed by atoms with van der Waals surface area (Å²) in [5.74, 6) is -0.378. The molecule has 0 N–H and O–H groups in total. The summed E-state index contributed by atoms with van der Waals surface area (Å²) >= 11 is 5.64. The molecule has 0 atom stereocenters. The number of hydrogen-bond acceptors (Lipinski definition) is 4. The molecule has 30 heavy (non-hydrogen) atoms. The molecule has 1 aliphatic heterocycles. The number of nitrogens with zero attached hydrogens (tertiary/aromatic N) is 2. The molecule has 1 aliphatic rings. The second-order valence-electron chi connectivity index (χ2n) is 6.79. The average Bonchev–Trinajstić information content (AvgIpc) is 2.67. The van der Waals surface area contributed by atoms with Crippen LogP contribution in [-0.4, -0.2) is 50.9 Å². The van der Waals surface area contributed by atoms with E-state index in [0.717, 1.165) is 16.4 Å². The third-order valence-corrected chi connectivity index (χ3v) is 7.01. The minimum absolute atomic E-state index is 0.0148. The molecule has 164 valence electrons. The monoisotopic (exact) mass is 466 g/mol. The van der Waals surface area contributed by atoms with E-state index in [2.05, 4.69) is 0 Å². The summed E-state index contributed by atoms with van der Waals surface area (Å²) in [4.78, 5) is 1.09. The molecular formula is C19H19ClF4N2O3S. The smallest absolute Gasteiger partial charge is 0.417 e. The number of methoxy groups -OCH3 is 1. The van der Waals surface area contributed by atoms with Gasteiger partial charge in [-0.3, -0.25) is 4.90 Å². The number of ether oxygens (including phenoxy) is 1. The van der Waals surface area contributed by atoms with Gasteiger partial charge in [0.1, 0.15) is 0 Å². The van der Waals surface area contributed by atoms with E-state index in [1.807, 2.05) is 4.90 Å². The van der Waals surface area contributed by atoms with E-state index >= 15 is 0 Å². The normalized spacial score (nSPS) is 16.6. The van der Waals surface area contributed by atoms with Crippen molar-refractivity contribution in [2.45, 2.75) is 17.6 Å². The van der Waals surface area contributed by atoms with Crippen molar-refractivity contribution in [1.29, 1.82) is 0 Å². The lowest BCUT2D eigenvalue weighted by Crippen LogP contribution is -2.48. The third kappa shape index (κ3) is 4.88. The molecule has 11 heteroatoms. The number of halogens is 5. The van der Waals surface area contributed by atoms with Crippen LogP contribution in [0, 0.1) is 5.82 Å². The molecule has 0 amide bonds. The van der Waals surface area contributed by atoms with Gasteiger partial charge in [0.25, 0.3) is 0 Å². The first-order valence-electron chi connectivity index (χ1n) is 8.94. The Morgan fingerprint density at radius 3 is 2.30 bits per heavy atom. The van der Waals surface area contributed by atoms with Crippen molar-refractivity contribution in [2.75, 3.05) is 33.3 Å². The minimum Gasteiger partial charge on any atom is -0.494 e. The SMILES string of the molecule is COc1ccc(CN2CCN(S(=O)(=O)c3ccc(Cl)cc3C(F)(F)F)CC2)cc1F. The molecular weight excluding hydrogens is 448 g/mol. The Kier molecular flexibility index (Phi) is 6.61. The Bertz CT molecular complexity index is 1020. The fraction of sp³-hybridized carbons (Fsp3) is 0.368. The number of hydrogen-bond donors (Lipinski definition) is 0. The molecule has 2 aromatic rings. The zero-order valence-corrected chi connectivity index (χ0v) is 17.5. The van der Waals surface area contributed by atoms with Crippen molar-refractivity contribution in [3.05, 3.63) is 58.4 Å². The first-order chi connectivity index (χ1) is 14.0. The predicted octanol–water partition coefficient (Wildman–Crippen LogP) is 4.01. The van der Waals surface area contributed by atoms with Gasteiger partial charge in [0.2, 0.25) is 10.0 Å². The second-order valence-corrected chi connectivity index (χ2v) is 9.13. The summed E-state index contributed by atoms with van der Waals surface area (Å²) in [6.45, 7) is 0.995. The van der Waals surface area contributed by atoms with Crippen LogP contribution in [0.2, 0.25) is 5.02 Å². The molecule has 1 saturated heterocycles. The van der Waals surface area contributed by atoms with E-state index in [0.29, 0.717) is 31.3 Å². The molecule has 0 saturated carbocycles. The largest absolute Gasteiger partial charge is 0.494 e. The van der Waals surface area contributed by atoms with Crippen LogP contribution >= 0.6 is 11.6 Å². The van der Waals surface area contributed by atoms with Crippen LogP contribution in [0.15, 0.2) is 41.3 Å². The Morgan fingerprint density at radius 1 is 1.07 bits per heavy atom. The predicted molar refractivity (Wildman–Crippen MR) is 103 cm³/mol. The van der Waals surface area contributed by atoms with Crippen molar-refractivity contribution < 1.29 is 30.7 Å². The van der Waals surface area contributed by atoms with Gasteiger partial charge in [-0.05, 0) is 35.9 Å². The highest BCUT2D eigenvalue weighted by Gasteiger charge is 2.40. The summed E-state index contributed by atoms with van der Waals surface area (Å²) in [6.07, 6.45) is -4.85. The second kappa shape index (κ2) is 8.70. The van der Waals surface area contributed by atoms with Crippen LogP contribution < -0.4 is 4.74 Å². The molecule has 0 unspecified atom stereocenters.